The monoisotopic (exact) mass is 216 g/mol. The molecule has 0 aliphatic rings. The number of hydrogen-bond donors (Lipinski definition) is 2. The fourth-order valence-electron chi connectivity index (χ4n) is 1.56. The van der Waals surface area contributed by atoms with Crippen molar-refractivity contribution < 1.29 is 9.90 Å². The van der Waals surface area contributed by atoms with Crippen LogP contribution in [0.2, 0.25) is 0 Å². The van der Waals surface area contributed by atoms with Gasteiger partial charge in [-0.05, 0) is 31.6 Å². The summed E-state index contributed by atoms with van der Waals surface area (Å²) in [4.78, 5) is 10.7. The fourth-order valence-corrected chi connectivity index (χ4v) is 1.56. The van der Waals surface area contributed by atoms with Gasteiger partial charge in [0.05, 0.1) is 5.52 Å². The number of aromatic amines is 1. The molecule has 0 fully saturated rings. The van der Waals surface area contributed by atoms with Gasteiger partial charge in [-0.2, -0.15) is 5.10 Å². The SMILES string of the molecule is CC(=Cc1ccc2c(C)[nH]nc2c1)C(=O)O. The number of nitrogens with zero attached hydrogens (tertiary/aromatic N) is 1. The lowest BCUT2D eigenvalue weighted by atomic mass is 10.1. The fraction of sp³-hybridized carbons (Fsp3) is 0.167. The average Bonchev–Trinajstić information content (AvgIpc) is 2.60. The number of aryl methyl sites for hydroxylation is 1. The average molecular weight is 216 g/mol. The van der Waals surface area contributed by atoms with E-state index in [1.165, 1.54) is 0 Å². The Balaban J connectivity index is 2.48. The molecule has 0 unspecified atom stereocenters. The molecule has 1 aromatic heterocycles. The van der Waals surface area contributed by atoms with E-state index in [2.05, 4.69) is 10.2 Å². The number of nitrogens with one attached hydrogen (secondary N) is 1. The summed E-state index contributed by atoms with van der Waals surface area (Å²) in [5.74, 6) is -0.904. The van der Waals surface area contributed by atoms with Crippen molar-refractivity contribution in [3.63, 3.8) is 0 Å². The summed E-state index contributed by atoms with van der Waals surface area (Å²) in [5, 5.41) is 16.9. The number of fused-ring (bicyclic) bond motifs is 1. The third kappa shape index (κ3) is 1.82. The lowest BCUT2D eigenvalue weighted by molar-refractivity contribution is -0.132. The second kappa shape index (κ2) is 3.81. The zero-order valence-corrected chi connectivity index (χ0v) is 9.11. The first-order valence-corrected chi connectivity index (χ1v) is 4.94. The van der Waals surface area contributed by atoms with Gasteiger partial charge >= 0.3 is 5.97 Å². The number of rotatable bonds is 2. The number of aliphatic carboxylic acids is 1. The van der Waals surface area contributed by atoms with Gasteiger partial charge in [-0.1, -0.05) is 12.1 Å². The van der Waals surface area contributed by atoms with E-state index in [1.54, 1.807) is 13.0 Å². The highest BCUT2D eigenvalue weighted by molar-refractivity contribution is 5.92. The summed E-state index contributed by atoms with van der Waals surface area (Å²) in [6.07, 6.45) is 1.63. The van der Waals surface area contributed by atoms with Crippen LogP contribution in [0.3, 0.4) is 0 Å². The van der Waals surface area contributed by atoms with Gasteiger partial charge in [0.1, 0.15) is 0 Å². The minimum atomic E-state index is -0.904. The van der Waals surface area contributed by atoms with Gasteiger partial charge < -0.3 is 5.11 Å². The summed E-state index contributed by atoms with van der Waals surface area (Å²) in [5.41, 5.74) is 3.02. The van der Waals surface area contributed by atoms with Crippen LogP contribution in [0.5, 0.6) is 0 Å². The third-order valence-electron chi connectivity index (χ3n) is 2.49. The van der Waals surface area contributed by atoms with Crippen molar-refractivity contribution >= 4 is 22.9 Å². The maximum absolute atomic E-state index is 10.7. The third-order valence-corrected chi connectivity index (χ3v) is 2.49. The number of aromatic nitrogens is 2. The lowest BCUT2D eigenvalue weighted by Gasteiger charge is -1.96. The van der Waals surface area contributed by atoms with Crippen molar-refractivity contribution in [1.82, 2.24) is 10.2 Å². The topological polar surface area (TPSA) is 66.0 Å². The normalized spacial score (nSPS) is 12.0. The van der Waals surface area contributed by atoms with Gasteiger partial charge in [0.25, 0.3) is 0 Å². The molecule has 0 aliphatic carbocycles. The standard InChI is InChI=1S/C12H12N2O2/c1-7(12(15)16)5-9-3-4-10-8(2)13-14-11(10)6-9/h3-6H,1-2H3,(H,13,14)(H,15,16). The van der Waals surface area contributed by atoms with E-state index < -0.39 is 5.97 Å². The molecule has 1 heterocycles. The van der Waals surface area contributed by atoms with E-state index in [0.29, 0.717) is 5.57 Å². The van der Waals surface area contributed by atoms with Crippen LogP contribution in [-0.2, 0) is 4.79 Å². The van der Waals surface area contributed by atoms with Gasteiger partial charge in [0, 0.05) is 16.7 Å². The summed E-state index contributed by atoms with van der Waals surface area (Å²) in [6.45, 7) is 3.52. The van der Waals surface area contributed by atoms with Crippen molar-refractivity contribution in [2.24, 2.45) is 0 Å². The minimum Gasteiger partial charge on any atom is -0.478 e. The maximum atomic E-state index is 10.7. The predicted molar refractivity (Wildman–Crippen MR) is 62.1 cm³/mol. The molecule has 0 radical (unpaired) electrons. The molecule has 0 spiro atoms. The Hall–Kier alpha value is -2.10. The van der Waals surface area contributed by atoms with Crippen molar-refractivity contribution in [2.45, 2.75) is 13.8 Å². The molecule has 4 nitrogen and oxygen atoms in total. The Morgan fingerprint density at radius 3 is 2.94 bits per heavy atom. The quantitative estimate of drug-likeness (QED) is 0.757. The molecule has 2 N–H and O–H groups in total. The molecule has 82 valence electrons. The molecule has 2 rings (SSSR count). The molecular formula is C12H12N2O2. The van der Waals surface area contributed by atoms with Crippen LogP contribution in [0.25, 0.3) is 17.0 Å². The van der Waals surface area contributed by atoms with Gasteiger partial charge in [-0.3, -0.25) is 5.10 Å². The molecule has 1 aromatic carbocycles. The molecule has 0 bridgehead atoms. The van der Waals surface area contributed by atoms with Crippen LogP contribution in [0.1, 0.15) is 18.2 Å². The second-order valence-electron chi connectivity index (χ2n) is 3.76. The van der Waals surface area contributed by atoms with E-state index in [0.717, 1.165) is 22.2 Å². The van der Waals surface area contributed by atoms with Crippen molar-refractivity contribution in [2.75, 3.05) is 0 Å². The van der Waals surface area contributed by atoms with Crippen LogP contribution < -0.4 is 0 Å². The highest BCUT2D eigenvalue weighted by Crippen LogP contribution is 2.18. The smallest absolute Gasteiger partial charge is 0.331 e. The Morgan fingerprint density at radius 2 is 2.25 bits per heavy atom. The largest absolute Gasteiger partial charge is 0.478 e. The first-order chi connectivity index (χ1) is 7.58. The number of carboxylic acid groups (broad SMARTS) is 1. The van der Waals surface area contributed by atoms with Crippen molar-refractivity contribution in [1.29, 1.82) is 0 Å². The molecule has 2 aromatic rings. The molecule has 0 saturated carbocycles. The Labute approximate surface area is 92.6 Å². The van der Waals surface area contributed by atoms with E-state index in [9.17, 15) is 4.79 Å². The highest BCUT2D eigenvalue weighted by atomic mass is 16.4. The Kier molecular flexibility index (Phi) is 2.48. The lowest BCUT2D eigenvalue weighted by Crippen LogP contribution is -1.95. The number of hydrogen-bond acceptors (Lipinski definition) is 2. The van der Waals surface area contributed by atoms with Crippen LogP contribution in [-0.4, -0.2) is 21.3 Å². The molecule has 0 amide bonds. The van der Waals surface area contributed by atoms with Gasteiger partial charge in [0.15, 0.2) is 0 Å². The van der Waals surface area contributed by atoms with E-state index in [4.69, 9.17) is 5.11 Å². The van der Waals surface area contributed by atoms with Gasteiger partial charge in [-0.25, -0.2) is 4.79 Å². The van der Waals surface area contributed by atoms with Gasteiger partial charge in [0.2, 0.25) is 0 Å². The highest BCUT2D eigenvalue weighted by Gasteiger charge is 2.03. The zero-order chi connectivity index (χ0) is 11.7. The molecule has 0 saturated heterocycles. The number of carboxylic acids is 1. The Bertz CT molecular complexity index is 582. The van der Waals surface area contributed by atoms with Crippen molar-refractivity contribution in [3.05, 3.63) is 35.0 Å². The molecule has 0 aliphatic heterocycles. The van der Waals surface area contributed by atoms with E-state index in [1.807, 2.05) is 25.1 Å². The summed E-state index contributed by atoms with van der Waals surface area (Å²) in [7, 11) is 0. The van der Waals surface area contributed by atoms with Crippen molar-refractivity contribution in [3.8, 4) is 0 Å². The van der Waals surface area contributed by atoms with E-state index in [-0.39, 0.29) is 0 Å². The summed E-state index contributed by atoms with van der Waals surface area (Å²) < 4.78 is 0. The Morgan fingerprint density at radius 1 is 1.50 bits per heavy atom. The van der Waals surface area contributed by atoms with Crippen LogP contribution in [0.15, 0.2) is 23.8 Å². The number of benzene rings is 1. The number of H-pyrrole nitrogens is 1. The van der Waals surface area contributed by atoms with Crippen LogP contribution >= 0.6 is 0 Å². The molecular weight excluding hydrogens is 204 g/mol. The first-order valence-electron chi connectivity index (χ1n) is 4.94. The number of carbonyl (C=O) groups is 1. The minimum absolute atomic E-state index is 0.312. The van der Waals surface area contributed by atoms with Gasteiger partial charge in [-0.15, -0.1) is 0 Å². The second-order valence-corrected chi connectivity index (χ2v) is 3.76. The predicted octanol–water partition coefficient (Wildman–Crippen LogP) is 2.36. The van der Waals surface area contributed by atoms with E-state index >= 15 is 0 Å². The molecule has 4 heteroatoms. The maximum Gasteiger partial charge on any atom is 0.331 e. The van der Waals surface area contributed by atoms with Crippen LogP contribution in [0.4, 0.5) is 0 Å². The summed E-state index contributed by atoms with van der Waals surface area (Å²) >= 11 is 0. The summed E-state index contributed by atoms with van der Waals surface area (Å²) in [6, 6.07) is 5.69. The molecule has 16 heavy (non-hydrogen) atoms. The zero-order valence-electron chi connectivity index (χ0n) is 9.11. The first kappa shape index (κ1) is 10.4. The van der Waals surface area contributed by atoms with Crippen LogP contribution in [0, 0.1) is 6.92 Å². The molecule has 0 atom stereocenters.